The molecule has 0 aliphatic carbocycles. The third-order valence-corrected chi connectivity index (χ3v) is 3.13. The van der Waals surface area contributed by atoms with E-state index in [0.717, 1.165) is 29.8 Å². The van der Waals surface area contributed by atoms with Crippen LogP contribution in [-0.4, -0.2) is 31.4 Å². The van der Waals surface area contributed by atoms with Gasteiger partial charge in [-0.1, -0.05) is 13.8 Å². The number of carbonyl (C=O) groups is 1. The second-order valence-corrected chi connectivity index (χ2v) is 5.19. The fraction of sp³-hybridized carbons (Fsp3) is 0.533. The SMILES string of the molecule is CNc1ccc(C(=O)N(C)CCC(C)C)c(C)c1. The van der Waals surface area contributed by atoms with Gasteiger partial charge in [0.05, 0.1) is 0 Å². The monoisotopic (exact) mass is 248 g/mol. The maximum atomic E-state index is 12.3. The third kappa shape index (κ3) is 3.76. The number of aryl methyl sites for hydroxylation is 1. The quantitative estimate of drug-likeness (QED) is 0.868. The highest BCUT2D eigenvalue weighted by molar-refractivity contribution is 5.95. The number of anilines is 1. The summed E-state index contributed by atoms with van der Waals surface area (Å²) in [5.41, 5.74) is 2.84. The van der Waals surface area contributed by atoms with Gasteiger partial charge in [0.15, 0.2) is 0 Å². The van der Waals surface area contributed by atoms with Crippen LogP contribution in [0.1, 0.15) is 36.2 Å². The van der Waals surface area contributed by atoms with Crippen LogP contribution in [0, 0.1) is 12.8 Å². The summed E-state index contributed by atoms with van der Waals surface area (Å²) < 4.78 is 0. The summed E-state index contributed by atoms with van der Waals surface area (Å²) in [6.07, 6.45) is 1.04. The average Bonchev–Trinajstić information content (AvgIpc) is 2.34. The lowest BCUT2D eigenvalue weighted by Gasteiger charge is -2.19. The molecule has 1 aromatic rings. The molecule has 0 aromatic heterocycles. The van der Waals surface area contributed by atoms with Crippen molar-refractivity contribution in [2.24, 2.45) is 5.92 Å². The van der Waals surface area contributed by atoms with Crippen molar-refractivity contribution >= 4 is 11.6 Å². The molecule has 0 saturated heterocycles. The van der Waals surface area contributed by atoms with E-state index in [1.165, 1.54) is 0 Å². The molecule has 18 heavy (non-hydrogen) atoms. The number of rotatable bonds is 5. The lowest BCUT2D eigenvalue weighted by atomic mass is 10.1. The van der Waals surface area contributed by atoms with Crippen LogP contribution < -0.4 is 5.32 Å². The lowest BCUT2D eigenvalue weighted by Crippen LogP contribution is -2.29. The molecule has 0 heterocycles. The summed E-state index contributed by atoms with van der Waals surface area (Å²) in [4.78, 5) is 14.1. The molecule has 1 rings (SSSR count). The lowest BCUT2D eigenvalue weighted by molar-refractivity contribution is 0.0788. The van der Waals surface area contributed by atoms with Crippen LogP contribution in [0.5, 0.6) is 0 Å². The predicted octanol–water partition coefficient (Wildman–Crippen LogP) is 3.15. The number of nitrogens with zero attached hydrogens (tertiary/aromatic N) is 1. The van der Waals surface area contributed by atoms with E-state index >= 15 is 0 Å². The number of hydrogen-bond acceptors (Lipinski definition) is 2. The van der Waals surface area contributed by atoms with Gasteiger partial charge in [0.25, 0.3) is 5.91 Å². The summed E-state index contributed by atoms with van der Waals surface area (Å²) in [6, 6.07) is 5.84. The van der Waals surface area contributed by atoms with E-state index in [1.807, 2.05) is 39.2 Å². The van der Waals surface area contributed by atoms with E-state index < -0.39 is 0 Å². The van der Waals surface area contributed by atoms with E-state index in [4.69, 9.17) is 0 Å². The topological polar surface area (TPSA) is 32.3 Å². The Morgan fingerprint density at radius 3 is 2.56 bits per heavy atom. The molecule has 1 aromatic carbocycles. The minimum absolute atomic E-state index is 0.107. The Bertz CT molecular complexity index is 413. The predicted molar refractivity (Wildman–Crippen MR) is 77.1 cm³/mol. The third-order valence-electron chi connectivity index (χ3n) is 3.13. The van der Waals surface area contributed by atoms with E-state index in [2.05, 4.69) is 19.2 Å². The number of carbonyl (C=O) groups excluding carboxylic acids is 1. The van der Waals surface area contributed by atoms with Crippen molar-refractivity contribution in [1.82, 2.24) is 4.90 Å². The van der Waals surface area contributed by atoms with Crippen molar-refractivity contribution in [1.29, 1.82) is 0 Å². The molecule has 0 spiro atoms. The molecule has 1 amide bonds. The molecule has 3 heteroatoms. The summed E-state index contributed by atoms with van der Waals surface area (Å²) in [5, 5.41) is 3.08. The minimum atomic E-state index is 0.107. The maximum Gasteiger partial charge on any atom is 0.253 e. The highest BCUT2D eigenvalue weighted by atomic mass is 16.2. The van der Waals surface area contributed by atoms with Crippen molar-refractivity contribution < 1.29 is 4.79 Å². The minimum Gasteiger partial charge on any atom is -0.388 e. The summed E-state index contributed by atoms with van der Waals surface area (Å²) >= 11 is 0. The highest BCUT2D eigenvalue weighted by Crippen LogP contribution is 2.16. The number of hydrogen-bond donors (Lipinski definition) is 1. The van der Waals surface area contributed by atoms with Crippen LogP contribution >= 0.6 is 0 Å². The van der Waals surface area contributed by atoms with Crippen molar-refractivity contribution in [3.05, 3.63) is 29.3 Å². The van der Waals surface area contributed by atoms with E-state index in [9.17, 15) is 4.79 Å². The van der Waals surface area contributed by atoms with Gasteiger partial charge in [-0.25, -0.2) is 0 Å². The first-order valence-electron chi connectivity index (χ1n) is 6.49. The van der Waals surface area contributed by atoms with E-state index in [0.29, 0.717) is 5.92 Å². The van der Waals surface area contributed by atoms with Crippen molar-refractivity contribution in [3.8, 4) is 0 Å². The molecule has 0 aliphatic rings. The number of amides is 1. The van der Waals surface area contributed by atoms with Gasteiger partial charge >= 0.3 is 0 Å². The van der Waals surface area contributed by atoms with Gasteiger partial charge in [-0.15, -0.1) is 0 Å². The molecular weight excluding hydrogens is 224 g/mol. The van der Waals surface area contributed by atoms with Crippen molar-refractivity contribution in [2.45, 2.75) is 27.2 Å². The van der Waals surface area contributed by atoms with Crippen LogP contribution in [0.15, 0.2) is 18.2 Å². The van der Waals surface area contributed by atoms with Gasteiger partial charge in [-0.3, -0.25) is 4.79 Å². The number of benzene rings is 1. The molecule has 0 fully saturated rings. The highest BCUT2D eigenvalue weighted by Gasteiger charge is 2.14. The van der Waals surface area contributed by atoms with Crippen LogP contribution in [0.4, 0.5) is 5.69 Å². The largest absolute Gasteiger partial charge is 0.388 e. The van der Waals surface area contributed by atoms with Gasteiger partial charge < -0.3 is 10.2 Å². The Morgan fingerprint density at radius 1 is 1.39 bits per heavy atom. The van der Waals surface area contributed by atoms with Gasteiger partial charge in [0.2, 0.25) is 0 Å². The molecule has 0 saturated carbocycles. The van der Waals surface area contributed by atoms with Gasteiger partial charge in [-0.2, -0.15) is 0 Å². The maximum absolute atomic E-state index is 12.3. The van der Waals surface area contributed by atoms with Crippen LogP contribution in [0.3, 0.4) is 0 Å². The van der Waals surface area contributed by atoms with Crippen molar-refractivity contribution in [3.63, 3.8) is 0 Å². The Balaban J connectivity index is 2.77. The standard InChI is InChI=1S/C15H24N2O/c1-11(2)8-9-17(5)15(18)14-7-6-13(16-4)10-12(14)3/h6-7,10-11,16H,8-9H2,1-5H3. The van der Waals surface area contributed by atoms with Gasteiger partial charge in [0, 0.05) is 31.9 Å². The second-order valence-electron chi connectivity index (χ2n) is 5.19. The molecular formula is C15H24N2O. The first-order chi connectivity index (χ1) is 8.45. The second kappa shape index (κ2) is 6.43. The average molecular weight is 248 g/mol. The Kier molecular flexibility index (Phi) is 5.20. The zero-order chi connectivity index (χ0) is 13.7. The number of nitrogens with one attached hydrogen (secondary N) is 1. The zero-order valence-corrected chi connectivity index (χ0v) is 12.1. The molecule has 0 bridgehead atoms. The van der Waals surface area contributed by atoms with Gasteiger partial charge in [-0.05, 0) is 43.0 Å². The molecule has 0 radical (unpaired) electrons. The first kappa shape index (κ1) is 14.6. The molecule has 0 unspecified atom stereocenters. The van der Waals surface area contributed by atoms with E-state index in [1.54, 1.807) is 4.90 Å². The zero-order valence-electron chi connectivity index (χ0n) is 12.1. The summed E-state index contributed by atoms with van der Waals surface area (Å²) in [5.74, 6) is 0.726. The Labute approximate surface area is 110 Å². The summed E-state index contributed by atoms with van der Waals surface area (Å²) in [6.45, 7) is 7.13. The molecule has 0 aliphatic heterocycles. The fourth-order valence-corrected chi connectivity index (χ4v) is 1.82. The molecule has 3 nitrogen and oxygen atoms in total. The van der Waals surface area contributed by atoms with Crippen LogP contribution in [0.2, 0.25) is 0 Å². The normalized spacial score (nSPS) is 10.6. The molecule has 0 atom stereocenters. The van der Waals surface area contributed by atoms with Crippen LogP contribution in [0.25, 0.3) is 0 Å². The Morgan fingerprint density at radius 2 is 2.06 bits per heavy atom. The smallest absolute Gasteiger partial charge is 0.253 e. The van der Waals surface area contributed by atoms with Crippen LogP contribution in [-0.2, 0) is 0 Å². The Hall–Kier alpha value is -1.51. The van der Waals surface area contributed by atoms with Gasteiger partial charge in [0.1, 0.15) is 0 Å². The van der Waals surface area contributed by atoms with E-state index in [-0.39, 0.29) is 5.91 Å². The molecule has 100 valence electrons. The molecule has 1 N–H and O–H groups in total. The van der Waals surface area contributed by atoms with Crippen molar-refractivity contribution in [2.75, 3.05) is 26.0 Å². The summed E-state index contributed by atoms with van der Waals surface area (Å²) in [7, 11) is 3.75. The fourth-order valence-electron chi connectivity index (χ4n) is 1.82. The first-order valence-corrected chi connectivity index (χ1v) is 6.49.